The Balaban J connectivity index is 1.29. The molecule has 0 spiro atoms. The molecule has 2 bridgehead atoms. The number of benzene rings is 3. The molecule has 3 aromatic carbocycles. The van der Waals surface area contributed by atoms with Gasteiger partial charge in [-0.3, -0.25) is 14.4 Å². The number of likely N-dealkylation sites (tertiary alicyclic amines) is 1. The third-order valence-corrected chi connectivity index (χ3v) is 11.5. The van der Waals surface area contributed by atoms with Gasteiger partial charge >= 0.3 is 0 Å². The lowest BCUT2D eigenvalue weighted by atomic mass is 9.54. The van der Waals surface area contributed by atoms with Crippen molar-refractivity contribution in [2.45, 2.75) is 34.3 Å². The predicted molar refractivity (Wildman–Crippen MR) is 153 cm³/mol. The van der Waals surface area contributed by atoms with Crippen LogP contribution in [0.3, 0.4) is 0 Å². The molecule has 38 heavy (non-hydrogen) atoms. The first kappa shape index (κ1) is 24.3. The van der Waals surface area contributed by atoms with Gasteiger partial charge < -0.3 is 4.90 Å². The Morgan fingerprint density at radius 1 is 0.658 bits per heavy atom. The molecule has 2 saturated heterocycles. The third-order valence-electron chi connectivity index (χ3n) is 8.85. The lowest BCUT2D eigenvalue weighted by Gasteiger charge is -2.55. The Morgan fingerprint density at radius 3 is 1.50 bits per heavy atom. The molecular weight excluding hydrogens is 608 g/mol. The molecule has 5 aliphatic rings. The quantitative estimate of drug-likeness (QED) is 0.253. The van der Waals surface area contributed by atoms with Crippen LogP contribution in [0.15, 0.2) is 72.8 Å². The van der Waals surface area contributed by atoms with Gasteiger partial charge in [0.2, 0.25) is 11.8 Å². The van der Waals surface area contributed by atoms with Crippen LogP contribution in [0.25, 0.3) is 0 Å². The molecule has 3 amide bonds. The maximum atomic E-state index is 14.2. The largest absolute Gasteiger partial charge is 0.339 e. The van der Waals surface area contributed by atoms with Crippen molar-refractivity contribution in [3.05, 3.63) is 101 Å². The summed E-state index contributed by atoms with van der Waals surface area (Å²) in [6, 6.07) is 23.1. The SMILES string of the molecule is O=C(c1ccc(N2C(=O)[C@@H]3[C@H](C2=O)C2(Br)c4ccccc4C3(Br)c3ccccc32)cc1)N1CCCCCC1. The number of imide groups is 1. The van der Waals surface area contributed by atoms with Crippen LogP contribution in [-0.4, -0.2) is 35.7 Å². The fourth-order valence-electron chi connectivity index (χ4n) is 7.13. The number of hydrogen-bond acceptors (Lipinski definition) is 3. The lowest BCUT2D eigenvalue weighted by Crippen LogP contribution is -2.56. The normalized spacial score (nSPS) is 29.5. The number of anilines is 1. The highest BCUT2D eigenvalue weighted by Gasteiger charge is 2.72. The number of carbonyl (C=O) groups is 3. The molecule has 2 heterocycles. The summed E-state index contributed by atoms with van der Waals surface area (Å²) in [7, 11) is 0. The smallest absolute Gasteiger partial charge is 0.253 e. The Labute approximate surface area is 238 Å². The van der Waals surface area contributed by atoms with Crippen LogP contribution in [0.1, 0.15) is 58.3 Å². The molecule has 192 valence electrons. The second-order valence-corrected chi connectivity index (χ2v) is 13.2. The van der Waals surface area contributed by atoms with E-state index in [1.807, 2.05) is 29.2 Å². The predicted octanol–water partition coefficient (Wildman–Crippen LogP) is 6.11. The number of halogens is 2. The summed E-state index contributed by atoms with van der Waals surface area (Å²) in [4.78, 5) is 44.7. The lowest BCUT2D eigenvalue weighted by molar-refractivity contribution is -0.122. The van der Waals surface area contributed by atoms with Crippen molar-refractivity contribution in [1.29, 1.82) is 0 Å². The van der Waals surface area contributed by atoms with Crippen molar-refractivity contribution in [2.24, 2.45) is 11.8 Å². The summed E-state index contributed by atoms with van der Waals surface area (Å²) >= 11 is 8.08. The zero-order valence-corrected chi connectivity index (χ0v) is 23.9. The topological polar surface area (TPSA) is 57.7 Å². The standard InChI is InChI=1S/C31H26Br2N2O3/c32-30-21-9-3-4-10-22(21)31(33,24-12-6-5-11-23(24)30)26-25(30)28(37)35(29(26)38)20-15-13-19(14-16-20)27(36)34-17-7-1-2-8-18-34/h3-6,9-16,25-26H,1-2,7-8,17-18H2/t25-,26+,30?,31?. The summed E-state index contributed by atoms with van der Waals surface area (Å²) in [5.74, 6) is -1.67. The Morgan fingerprint density at radius 2 is 1.08 bits per heavy atom. The monoisotopic (exact) mass is 632 g/mol. The highest BCUT2D eigenvalue weighted by Crippen LogP contribution is 2.70. The minimum Gasteiger partial charge on any atom is -0.339 e. The molecule has 0 N–H and O–H groups in total. The van der Waals surface area contributed by atoms with Gasteiger partial charge in [-0.15, -0.1) is 0 Å². The minimum atomic E-state index is -0.815. The Kier molecular flexibility index (Phi) is 5.51. The van der Waals surface area contributed by atoms with Crippen LogP contribution in [-0.2, 0) is 18.2 Å². The molecule has 0 unspecified atom stereocenters. The molecule has 2 aliphatic heterocycles. The van der Waals surface area contributed by atoms with Gasteiger partial charge in [0, 0.05) is 18.7 Å². The fraction of sp³-hybridized carbons (Fsp3) is 0.323. The van der Waals surface area contributed by atoms with E-state index in [1.54, 1.807) is 24.3 Å². The van der Waals surface area contributed by atoms with Gasteiger partial charge in [0.1, 0.15) is 0 Å². The van der Waals surface area contributed by atoms with E-state index >= 15 is 0 Å². The van der Waals surface area contributed by atoms with Gasteiger partial charge in [-0.2, -0.15) is 0 Å². The van der Waals surface area contributed by atoms with E-state index in [0.717, 1.165) is 61.0 Å². The zero-order valence-electron chi connectivity index (χ0n) is 20.7. The molecule has 0 radical (unpaired) electrons. The van der Waals surface area contributed by atoms with Crippen molar-refractivity contribution >= 4 is 55.3 Å². The fourth-order valence-corrected chi connectivity index (χ4v) is 9.43. The summed E-state index contributed by atoms with van der Waals surface area (Å²) in [5, 5.41) is 0. The number of nitrogens with zero attached hydrogens (tertiary/aromatic N) is 2. The first-order valence-corrected chi connectivity index (χ1v) is 14.8. The van der Waals surface area contributed by atoms with E-state index < -0.39 is 20.5 Å². The number of hydrogen-bond donors (Lipinski definition) is 0. The van der Waals surface area contributed by atoms with Crippen LogP contribution in [0.4, 0.5) is 5.69 Å². The van der Waals surface area contributed by atoms with Crippen LogP contribution < -0.4 is 4.90 Å². The number of amides is 3. The second kappa shape index (κ2) is 8.62. The van der Waals surface area contributed by atoms with Gasteiger partial charge in [0.05, 0.1) is 26.2 Å². The maximum absolute atomic E-state index is 14.2. The molecule has 5 nitrogen and oxygen atoms in total. The average Bonchev–Trinajstić information content (AvgIpc) is 3.09. The summed E-state index contributed by atoms with van der Waals surface area (Å²) in [6.07, 6.45) is 4.36. The average molecular weight is 634 g/mol. The van der Waals surface area contributed by atoms with E-state index in [9.17, 15) is 14.4 Å². The van der Waals surface area contributed by atoms with Gasteiger partial charge in [-0.25, -0.2) is 4.90 Å². The van der Waals surface area contributed by atoms with Gasteiger partial charge in [0.15, 0.2) is 0 Å². The van der Waals surface area contributed by atoms with E-state index in [-0.39, 0.29) is 17.7 Å². The van der Waals surface area contributed by atoms with Gasteiger partial charge in [-0.05, 0) is 59.4 Å². The highest BCUT2D eigenvalue weighted by atomic mass is 79.9. The van der Waals surface area contributed by atoms with Crippen molar-refractivity contribution in [1.82, 2.24) is 4.90 Å². The van der Waals surface area contributed by atoms with E-state index in [1.165, 1.54) is 4.90 Å². The highest BCUT2D eigenvalue weighted by molar-refractivity contribution is 9.10. The summed E-state index contributed by atoms with van der Waals surface area (Å²) in [5.41, 5.74) is 5.13. The van der Waals surface area contributed by atoms with Gasteiger partial charge in [0.25, 0.3) is 5.91 Å². The van der Waals surface area contributed by atoms with E-state index in [2.05, 4.69) is 56.1 Å². The Bertz CT molecular complexity index is 1370. The molecule has 3 aliphatic carbocycles. The van der Waals surface area contributed by atoms with Crippen LogP contribution in [0.2, 0.25) is 0 Å². The zero-order chi connectivity index (χ0) is 26.2. The minimum absolute atomic E-state index is 0.00830. The number of rotatable bonds is 2. The van der Waals surface area contributed by atoms with Crippen molar-refractivity contribution < 1.29 is 14.4 Å². The molecule has 0 saturated carbocycles. The molecule has 7 heteroatoms. The molecule has 8 rings (SSSR count). The van der Waals surface area contributed by atoms with Gasteiger partial charge in [-0.1, -0.05) is 93.2 Å². The van der Waals surface area contributed by atoms with E-state index in [4.69, 9.17) is 0 Å². The molecular formula is C31H26Br2N2O3. The van der Waals surface area contributed by atoms with Crippen molar-refractivity contribution in [3.8, 4) is 0 Å². The van der Waals surface area contributed by atoms with E-state index in [0.29, 0.717) is 11.3 Å². The van der Waals surface area contributed by atoms with Crippen LogP contribution >= 0.6 is 31.9 Å². The van der Waals surface area contributed by atoms with Crippen molar-refractivity contribution in [2.75, 3.05) is 18.0 Å². The van der Waals surface area contributed by atoms with Crippen LogP contribution in [0, 0.1) is 11.8 Å². The first-order chi connectivity index (χ1) is 18.4. The summed E-state index contributed by atoms with van der Waals surface area (Å²) in [6.45, 7) is 1.55. The molecule has 2 fully saturated rings. The first-order valence-electron chi connectivity index (χ1n) is 13.2. The summed E-state index contributed by atoms with van der Waals surface area (Å²) < 4.78 is -1.63. The molecule has 0 aromatic heterocycles. The van der Waals surface area contributed by atoms with Crippen LogP contribution in [0.5, 0.6) is 0 Å². The molecule has 2 atom stereocenters. The number of alkyl halides is 2. The Hall–Kier alpha value is -2.77. The van der Waals surface area contributed by atoms with Crippen molar-refractivity contribution in [3.63, 3.8) is 0 Å². The second-order valence-electron chi connectivity index (χ2n) is 10.7. The maximum Gasteiger partial charge on any atom is 0.253 e. The number of carbonyl (C=O) groups excluding carboxylic acids is 3. The molecule has 3 aromatic rings. The third kappa shape index (κ3) is 3.06.